The molecule has 6 saturated heterocycles. The lowest BCUT2D eigenvalue weighted by Gasteiger charge is -2.41. The number of nitrogens with two attached hydrogens (primary N) is 1. The number of hydrogen-bond donors (Lipinski definition) is 12. The molecule has 36 heteroatoms. The molecule has 0 aromatic carbocycles. The molecule has 87 heavy (non-hydrogen) atoms. The Balaban J connectivity index is 0.635. The first kappa shape index (κ1) is 66.6. The van der Waals surface area contributed by atoms with Crippen molar-refractivity contribution >= 4 is 17.6 Å². The van der Waals surface area contributed by atoms with Crippen molar-refractivity contribution in [1.29, 1.82) is 0 Å². The fourth-order valence-electron chi connectivity index (χ4n) is 10.9. The number of ketones is 1. The standard InChI is InChI=1S/C51H80N12O24/c52-48(4-1-33(66)19-30-20-61(58-55-30)36-39(69)42(72)49(25-64)27-82-45(36)85-49,6-3-35(68)54-8-10-77-12-14-79-16-18-81-24-32-22-63(60-57-32)38-41(71)44(74)51(75)29-84-47(38)87-51)5-2-34(67)53-7-9-76-11-13-78-15-17-80-23-31-21-62(59-56-31)37-40(70)43(73)50(26-65)28-83-46(37)86-50/h20-22,36-47,64-65,69-75H,1-19,23-29,52H2,(H,53,67)(H,54,68)/t36-,37-,38-,39-,40-,41-,42-,43-,44-,45+,46+,47+,48?,49+,50+,51+/m1/s1. The van der Waals surface area contributed by atoms with Crippen molar-refractivity contribution in [2.75, 3.05) is 112 Å². The number of carbonyl (C=O) groups is 3. The van der Waals surface area contributed by atoms with Gasteiger partial charge in [0.25, 0.3) is 0 Å². The molecule has 0 spiro atoms. The van der Waals surface area contributed by atoms with Crippen molar-refractivity contribution in [2.24, 2.45) is 5.73 Å². The highest BCUT2D eigenvalue weighted by Gasteiger charge is 2.62. The van der Waals surface area contributed by atoms with Crippen LogP contribution in [0.25, 0.3) is 0 Å². The Morgan fingerprint density at radius 1 is 0.540 bits per heavy atom. The van der Waals surface area contributed by atoms with Gasteiger partial charge in [-0.2, -0.15) is 0 Å². The minimum absolute atomic E-state index is 0.0117. The van der Waals surface area contributed by atoms with Gasteiger partial charge in [0.15, 0.2) is 18.9 Å². The van der Waals surface area contributed by atoms with Crippen LogP contribution in [0.15, 0.2) is 18.6 Å². The second-order valence-corrected chi connectivity index (χ2v) is 22.4. The van der Waals surface area contributed by atoms with Crippen LogP contribution in [0.1, 0.15) is 73.7 Å². The third-order valence-electron chi connectivity index (χ3n) is 16.1. The van der Waals surface area contributed by atoms with Crippen molar-refractivity contribution in [3.05, 3.63) is 35.7 Å². The van der Waals surface area contributed by atoms with Crippen molar-refractivity contribution in [3.63, 3.8) is 0 Å². The van der Waals surface area contributed by atoms with Crippen LogP contribution in [-0.4, -0.2) is 299 Å². The Labute approximate surface area is 497 Å². The lowest BCUT2D eigenvalue weighted by atomic mass is 9.83. The first-order valence-corrected chi connectivity index (χ1v) is 28.8. The first-order chi connectivity index (χ1) is 41.9. The molecule has 3 aromatic heterocycles. The number of hydrogen-bond acceptors (Lipinski definition) is 31. The first-order valence-electron chi connectivity index (χ1n) is 28.8. The molecule has 16 atom stereocenters. The lowest BCUT2D eigenvalue weighted by molar-refractivity contribution is -0.307. The second kappa shape index (κ2) is 30.3. The summed E-state index contributed by atoms with van der Waals surface area (Å²) in [5, 5.41) is 123. The molecule has 6 aliphatic rings. The molecule has 6 fully saturated rings. The van der Waals surface area contributed by atoms with E-state index in [9.17, 15) is 60.3 Å². The van der Waals surface area contributed by atoms with Gasteiger partial charge in [-0.05, 0) is 19.3 Å². The molecular weight excluding hydrogens is 1160 g/mol. The van der Waals surface area contributed by atoms with Crippen LogP contribution in [0.4, 0.5) is 0 Å². The van der Waals surface area contributed by atoms with Gasteiger partial charge in [-0.3, -0.25) is 14.4 Å². The normalized spacial score (nSPS) is 32.4. The highest BCUT2D eigenvalue weighted by atomic mass is 16.8. The van der Waals surface area contributed by atoms with Gasteiger partial charge in [0.1, 0.15) is 89.7 Å². The zero-order chi connectivity index (χ0) is 61.8. The number of nitrogens with one attached hydrogen (secondary N) is 2. The largest absolute Gasteiger partial charge is 0.393 e. The molecule has 36 nitrogen and oxygen atoms in total. The Morgan fingerprint density at radius 3 is 1.38 bits per heavy atom. The maximum absolute atomic E-state index is 13.4. The number of ether oxygens (including phenoxy) is 12. The van der Waals surface area contributed by atoms with Gasteiger partial charge in [-0.25, -0.2) is 14.0 Å². The van der Waals surface area contributed by atoms with E-state index in [-0.39, 0.29) is 180 Å². The van der Waals surface area contributed by atoms with E-state index in [0.717, 1.165) is 0 Å². The second-order valence-electron chi connectivity index (χ2n) is 22.4. The summed E-state index contributed by atoms with van der Waals surface area (Å²) in [7, 11) is 0. The predicted molar refractivity (Wildman–Crippen MR) is 282 cm³/mol. The highest BCUT2D eigenvalue weighted by molar-refractivity contribution is 5.80. The Hall–Kier alpha value is -4.85. The molecule has 2 amide bonds. The zero-order valence-electron chi connectivity index (χ0n) is 47.8. The molecule has 488 valence electrons. The van der Waals surface area contributed by atoms with E-state index in [1.807, 2.05) is 0 Å². The molecule has 13 N–H and O–H groups in total. The van der Waals surface area contributed by atoms with Crippen LogP contribution in [0.3, 0.4) is 0 Å². The predicted octanol–water partition coefficient (Wildman–Crippen LogP) is -7.56. The number of aliphatic hydroxyl groups excluding tert-OH is 8. The summed E-state index contributed by atoms with van der Waals surface area (Å²) in [6.45, 7) is 1.21. The third kappa shape index (κ3) is 16.2. The maximum atomic E-state index is 13.4. The van der Waals surface area contributed by atoms with E-state index in [1.54, 1.807) is 6.20 Å². The number of carbonyl (C=O) groups excluding carboxylic acids is 3. The fourth-order valence-corrected chi connectivity index (χ4v) is 10.9. The molecule has 3 aromatic rings. The van der Waals surface area contributed by atoms with Gasteiger partial charge in [-0.1, -0.05) is 15.6 Å². The average molecular weight is 1250 g/mol. The molecule has 9 heterocycles. The summed E-state index contributed by atoms with van der Waals surface area (Å²) in [5.74, 6) is -2.88. The van der Waals surface area contributed by atoms with Gasteiger partial charge >= 0.3 is 0 Å². The topological polar surface area (TPSA) is 486 Å². The van der Waals surface area contributed by atoms with E-state index < -0.39 is 109 Å². The van der Waals surface area contributed by atoms with E-state index in [0.29, 0.717) is 11.4 Å². The highest BCUT2D eigenvalue weighted by Crippen LogP contribution is 2.44. The Bertz CT molecular complexity index is 2680. The number of aromatic nitrogens is 9. The van der Waals surface area contributed by atoms with Crippen molar-refractivity contribution in [2.45, 2.75) is 154 Å². The fraction of sp³-hybridized carbons (Fsp3) is 0.824. The van der Waals surface area contributed by atoms with Crippen molar-refractivity contribution in [3.8, 4) is 0 Å². The van der Waals surface area contributed by atoms with E-state index >= 15 is 0 Å². The summed E-state index contributed by atoms with van der Waals surface area (Å²) in [5.41, 5.74) is 4.06. The molecule has 9 rings (SSSR count). The SMILES string of the molecule is NC(CCC(=O)Cc1cn([C@H]2[C@H]3OC[C@](CO)(O3)[C@H](O)[C@@H]2O)nn1)(CCC(=O)NCCOCCOCCOCc1cn([C@H]2[C@H]3OC[C@](CO)(O3)[C@H](O)[C@@H]2O)nn1)CCC(=O)NCCOCCOCCOCc1cn([C@H]2[C@H]3OC[C@](O)(O3)[C@H](O)[C@@H]2O)nn1. The summed E-state index contributed by atoms with van der Waals surface area (Å²) in [6, 6.07) is -2.83. The molecule has 0 radical (unpaired) electrons. The number of fused-ring (bicyclic) bond motifs is 6. The third-order valence-corrected chi connectivity index (χ3v) is 16.1. The van der Waals surface area contributed by atoms with Gasteiger partial charge in [0, 0.05) is 44.1 Å². The van der Waals surface area contributed by atoms with E-state index in [2.05, 4.69) is 41.6 Å². The molecular formula is C51H80N12O24. The van der Waals surface area contributed by atoms with Crippen LogP contribution < -0.4 is 16.4 Å². The number of nitrogens with zero attached hydrogens (tertiary/aromatic N) is 9. The van der Waals surface area contributed by atoms with Crippen LogP contribution >= 0.6 is 0 Å². The van der Waals surface area contributed by atoms with Gasteiger partial charge in [0.05, 0.1) is 130 Å². The van der Waals surface area contributed by atoms with Crippen LogP contribution in [-0.2, 0) is 90.9 Å². The number of amides is 2. The Morgan fingerprint density at radius 2 is 0.920 bits per heavy atom. The molecule has 6 aliphatic heterocycles. The average Bonchev–Trinajstić information content (AvgIpc) is 1.79. The van der Waals surface area contributed by atoms with Gasteiger partial charge < -0.3 is 119 Å². The van der Waals surface area contributed by atoms with Gasteiger partial charge in [0.2, 0.25) is 17.6 Å². The maximum Gasteiger partial charge on any atom is 0.221 e. The summed E-state index contributed by atoms with van der Waals surface area (Å²) in [6.07, 6.45) is -6.94. The quantitative estimate of drug-likeness (QED) is 0.0237. The summed E-state index contributed by atoms with van der Waals surface area (Å²) in [4.78, 5) is 39.4. The number of rotatable bonds is 38. The minimum Gasteiger partial charge on any atom is -0.393 e. The zero-order valence-corrected chi connectivity index (χ0v) is 47.8. The molecule has 0 aliphatic carbocycles. The van der Waals surface area contributed by atoms with Crippen molar-refractivity contribution in [1.82, 2.24) is 55.6 Å². The smallest absolute Gasteiger partial charge is 0.221 e. The van der Waals surface area contributed by atoms with Gasteiger partial charge in [-0.15, -0.1) is 15.3 Å². The number of Topliss-reactive ketones (excluding diaryl/α,β-unsaturated/α-hetero) is 1. The summed E-state index contributed by atoms with van der Waals surface area (Å²) < 4.78 is 70.7. The monoisotopic (exact) mass is 1240 g/mol. The van der Waals surface area contributed by atoms with Crippen LogP contribution in [0.2, 0.25) is 0 Å². The Kier molecular flexibility index (Phi) is 23.2. The van der Waals surface area contributed by atoms with Crippen LogP contribution in [0, 0.1) is 0 Å². The molecule has 1 unspecified atom stereocenters. The lowest BCUT2D eigenvalue weighted by Crippen LogP contribution is -2.60. The van der Waals surface area contributed by atoms with E-state index in [1.165, 1.54) is 26.4 Å². The minimum atomic E-state index is -1.99. The molecule has 6 bridgehead atoms. The summed E-state index contributed by atoms with van der Waals surface area (Å²) >= 11 is 0. The van der Waals surface area contributed by atoms with E-state index in [4.69, 9.17) is 62.6 Å². The number of aliphatic hydroxyl groups is 9. The molecule has 0 saturated carbocycles. The van der Waals surface area contributed by atoms with Crippen LogP contribution in [0.5, 0.6) is 0 Å². The van der Waals surface area contributed by atoms with Crippen molar-refractivity contribution < 1.29 is 117 Å².